The minimum absolute atomic E-state index is 0.0596. The maximum Gasteiger partial charge on any atom is 0.128 e. The first-order valence-corrected chi connectivity index (χ1v) is 7.08. The Labute approximate surface area is 117 Å². The highest BCUT2D eigenvalue weighted by molar-refractivity contribution is 5.82. The predicted molar refractivity (Wildman–Crippen MR) is 82.6 cm³/mol. The number of phenols is 1. The van der Waals surface area contributed by atoms with Crippen LogP contribution in [0, 0.1) is 5.41 Å². The highest BCUT2D eigenvalue weighted by atomic mass is 16.3. The summed E-state index contributed by atoms with van der Waals surface area (Å²) in [5, 5.41) is 17.9. The van der Waals surface area contributed by atoms with Crippen molar-refractivity contribution in [3.8, 4) is 5.75 Å². The largest absolute Gasteiger partial charge is 0.507 e. The molecule has 0 fully saturated rings. The lowest BCUT2D eigenvalue weighted by Crippen LogP contribution is -2.21. The van der Waals surface area contributed by atoms with Gasteiger partial charge in [-0.2, -0.15) is 0 Å². The van der Waals surface area contributed by atoms with Gasteiger partial charge in [-0.3, -0.25) is 0 Å². The van der Waals surface area contributed by atoms with Crippen LogP contribution in [0.5, 0.6) is 5.75 Å². The maximum absolute atomic E-state index is 10.4. The van der Waals surface area contributed by atoms with E-state index in [1.54, 1.807) is 0 Å². The van der Waals surface area contributed by atoms with Crippen molar-refractivity contribution in [2.75, 3.05) is 0 Å². The molecule has 2 heteroatoms. The molecule has 0 aliphatic rings. The van der Waals surface area contributed by atoms with Crippen LogP contribution in [0.4, 0.5) is 0 Å². The lowest BCUT2D eigenvalue weighted by molar-refractivity contribution is 0.424. The van der Waals surface area contributed by atoms with Gasteiger partial charge in [0, 0.05) is 17.3 Å². The van der Waals surface area contributed by atoms with E-state index in [4.69, 9.17) is 5.41 Å². The lowest BCUT2D eigenvalue weighted by Gasteiger charge is -2.30. The van der Waals surface area contributed by atoms with Gasteiger partial charge in [-0.15, -0.1) is 0 Å². The molecule has 0 saturated heterocycles. The van der Waals surface area contributed by atoms with Gasteiger partial charge in [-0.1, -0.05) is 47.6 Å². The van der Waals surface area contributed by atoms with Crippen LogP contribution in [0.25, 0.3) is 0 Å². The van der Waals surface area contributed by atoms with E-state index >= 15 is 0 Å². The molecule has 0 heterocycles. The highest BCUT2D eigenvalue weighted by Gasteiger charge is 2.27. The molecule has 106 valence electrons. The van der Waals surface area contributed by atoms with Crippen molar-refractivity contribution < 1.29 is 5.11 Å². The highest BCUT2D eigenvalue weighted by Crippen LogP contribution is 2.39. The number of phenolic OH excluding ortho intramolecular Hbond substituents is 1. The second-order valence-corrected chi connectivity index (χ2v) is 6.58. The second kappa shape index (κ2) is 5.36. The molecule has 0 aliphatic carbocycles. The summed E-state index contributed by atoms with van der Waals surface area (Å²) in [6.07, 6.45) is 3.23. The van der Waals surface area contributed by atoms with Gasteiger partial charge in [0.05, 0.1) is 0 Å². The number of nitrogens with one attached hydrogen (secondary N) is 1. The third kappa shape index (κ3) is 2.99. The molecule has 1 rings (SSSR count). The zero-order valence-electron chi connectivity index (χ0n) is 13.1. The van der Waals surface area contributed by atoms with Crippen LogP contribution >= 0.6 is 0 Å². The fraction of sp³-hybridized carbons (Fsp3) is 0.588. The van der Waals surface area contributed by atoms with Crippen LogP contribution in [0.3, 0.4) is 0 Å². The molecule has 1 aromatic rings. The molecule has 0 aromatic heterocycles. The lowest BCUT2D eigenvalue weighted by atomic mass is 9.75. The third-order valence-corrected chi connectivity index (χ3v) is 4.57. The van der Waals surface area contributed by atoms with Crippen LogP contribution in [0.15, 0.2) is 12.1 Å². The van der Waals surface area contributed by atoms with Crippen LogP contribution in [0.1, 0.15) is 71.1 Å². The van der Waals surface area contributed by atoms with Gasteiger partial charge in [0.15, 0.2) is 0 Å². The maximum atomic E-state index is 10.4. The van der Waals surface area contributed by atoms with Crippen LogP contribution < -0.4 is 0 Å². The molecule has 2 nitrogen and oxygen atoms in total. The monoisotopic (exact) mass is 261 g/mol. The van der Waals surface area contributed by atoms with E-state index in [0.717, 1.165) is 18.4 Å². The summed E-state index contributed by atoms with van der Waals surface area (Å²) in [6, 6.07) is 4.07. The topological polar surface area (TPSA) is 44.1 Å². The molecular formula is C17H27NO. The normalized spacial score (nSPS) is 12.5. The SMILES string of the molecule is CCC(C)(C)c1cc(C=N)c(O)c(C(C)(C)CC)c1. The van der Waals surface area contributed by atoms with Crippen LogP contribution in [-0.4, -0.2) is 11.3 Å². The zero-order valence-corrected chi connectivity index (χ0v) is 13.1. The molecule has 0 amide bonds. The molecule has 0 saturated carbocycles. The smallest absolute Gasteiger partial charge is 0.128 e. The first-order valence-electron chi connectivity index (χ1n) is 7.08. The summed E-state index contributed by atoms with van der Waals surface area (Å²) in [5.74, 6) is 0.262. The quantitative estimate of drug-likeness (QED) is 0.737. The van der Waals surface area contributed by atoms with E-state index in [-0.39, 0.29) is 16.6 Å². The van der Waals surface area contributed by atoms with E-state index < -0.39 is 0 Å². The average molecular weight is 261 g/mol. The Morgan fingerprint density at radius 3 is 2.00 bits per heavy atom. The Balaban J connectivity index is 3.56. The van der Waals surface area contributed by atoms with Crippen molar-refractivity contribution in [1.29, 1.82) is 5.41 Å². The summed E-state index contributed by atoms with van der Waals surface area (Å²) >= 11 is 0. The fourth-order valence-electron chi connectivity index (χ4n) is 2.07. The minimum atomic E-state index is -0.0817. The van der Waals surface area contributed by atoms with Gasteiger partial charge >= 0.3 is 0 Å². The van der Waals surface area contributed by atoms with E-state index in [1.165, 1.54) is 11.8 Å². The summed E-state index contributed by atoms with van der Waals surface area (Å²) in [6.45, 7) is 13.0. The van der Waals surface area contributed by atoms with Gasteiger partial charge in [0.25, 0.3) is 0 Å². The van der Waals surface area contributed by atoms with Crippen LogP contribution in [0.2, 0.25) is 0 Å². The molecule has 0 bridgehead atoms. The third-order valence-electron chi connectivity index (χ3n) is 4.57. The molecule has 19 heavy (non-hydrogen) atoms. The Morgan fingerprint density at radius 1 is 1.05 bits per heavy atom. The van der Waals surface area contributed by atoms with Gasteiger partial charge in [-0.05, 0) is 35.3 Å². The van der Waals surface area contributed by atoms with Gasteiger partial charge in [-0.25, -0.2) is 0 Å². The Morgan fingerprint density at radius 2 is 1.58 bits per heavy atom. The number of hydrogen-bond acceptors (Lipinski definition) is 2. The second-order valence-electron chi connectivity index (χ2n) is 6.58. The van der Waals surface area contributed by atoms with E-state index in [1.807, 2.05) is 6.07 Å². The summed E-state index contributed by atoms with van der Waals surface area (Å²) in [7, 11) is 0. The molecule has 0 atom stereocenters. The molecule has 0 radical (unpaired) electrons. The Kier molecular flexibility index (Phi) is 4.44. The van der Waals surface area contributed by atoms with Crippen molar-refractivity contribution in [3.05, 3.63) is 28.8 Å². The predicted octanol–water partition coefficient (Wildman–Crippen LogP) is 4.77. The first kappa shape index (κ1) is 15.7. The molecule has 0 spiro atoms. The number of rotatable bonds is 5. The Hall–Kier alpha value is -1.31. The van der Waals surface area contributed by atoms with Crippen molar-refractivity contribution >= 4 is 6.21 Å². The fourth-order valence-corrected chi connectivity index (χ4v) is 2.07. The molecule has 0 unspecified atom stereocenters. The molecule has 0 aliphatic heterocycles. The number of hydrogen-bond donors (Lipinski definition) is 2. The van der Waals surface area contributed by atoms with E-state index in [9.17, 15) is 5.11 Å². The van der Waals surface area contributed by atoms with E-state index in [0.29, 0.717) is 5.56 Å². The average Bonchev–Trinajstić information content (AvgIpc) is 2.38. The number of benzene rings is 1. The van der Waals surface area contributed by atoms with Gasteiger partial charge in [0.1, 0.15) is 5.75 Å². The van der Waals surface area contributed by atoms with Crippen LogP contribution in [-0.2, 0) is 10.8 Å². The molecular weight excluding hydrogens is 234 g/mol. The van der Waals surface area contributed by atoms with Crippen molar-refractivity contribution in [1.82, 2.24) is 0 Å². The van der Waals surface area contributed by atoms with Gasteiger partial charge < -0.3 is 10.5 Å². The van der Waals surface area contributed by atoms with Crippen molar-refractivity contribution in [3.63, 3.8) is 0 Å². The molecule has 1 aromatic carbocycles. The molecule has 2 N–H and O–H groups in total. The van der Waals surface area contributed by atoms with Gasteiger partial charge in [0.2, 0.25) is 0 Å². The first-order chi connectivity index (χ1) is 8.69. The minimum Gasteiger partial charge on any atom is -0.507 e. The summed E-state index contributed by atoms with van der Waals surface area (Å²) < 4.78 is 0. The zero-order chi connectivity index (χ0) is 14.8. The standard InChI is InChI=1S/C17H27NO/c1-7-16(3,4)13-9-12(11-18)15(19)14(10-13)17(5,6)8-2/h9-11,18-19H,7-8H2,1-6H3. The summed E-state index contributed by atoms with van der Waals surface area (Å²) in [5.41, 5.74) is 2.75. The van der Waals surface area contributed by atoms with Crippen molar-refractivity contribution in [2.45, 2.75) is 65.2 Å². The van der Waals surface area contributed by atoms with E-state index in [2.05, 4.69) is 47.6 Å². The summed E-state index contributed by atoms with van der Waals surface area (Å²) in [4.78, 5) is 0. The van der Waals surface area contributed by atoms with Crippen molar-refractivity contribution in [2.24, 2.45) is 0 Å². The Bertz CT molecular complexity index is 472. The number of aromatic hydroxyl groups is 1.